The molecule has 0 radical (unpaired) electrons. The molecule has 30 heavy (non-hydrogen) atoms. The van der Waals surface area contributed by atoms with Gasteiger partial charge in [0, 0.05) is 17.4 Å². The van der Waals surface area contributed by atoms with Gasteiger partial charge in [0.2, 0.25) is 0 Å². The zero-order valence-electron chi connectivity index (χ0n) is 18.2. The van der Waals surface area contributed by atoms with Crippen LogP contribution in [0.3, 0.4) is 0 Å². The van der Waals surface area contributed by atoms with Gasteiger partial charge in [-0.05, 0) is 60.4 Å². The van der Waals surface area contributed by atoms with Crippen LogP contribution in [0.5, 0.6) is 11.5 Å². The van der Waals surface area contributed by atoms with E-state index in [9.17, 15) is 4.79 Å². The normalized spacial score (nSPS) is 11.0. The molecule has 0 fully saturated rings. The van der Waals surface area contributed by atoms with Crippen molar-refractivity contribution in [2.75, 3.05) is 20.3 Å². The minimum Gasteiger partial charge on any atom is -0.497 e. The van der Waals surface area contributed by atoms with Gasteiger partial charge in [-0.1, -0.05) is 26.0 Å². The Morgan fingerprint density at radius 3 is 2.50 bits per heavy atom. The predicted octanol–water partition coefficient (Wildman–Crippen LogP) is 5.08. The first kappa shape index (κ1) is 21.5. The molecule has 0 bridgehead atoms. The molecule has 158 valence electrons. The van der Waals surface area contributed by atoms with Crippen LogP contribution in [0.25, 0.3) is 10.9 Å². The molecule has 0 atom stereocenters. The molecule has 1 aromatic heterocycles. The first-order valence-electron chi connectivity index (χ1n) is 10.2. The molecule has 3 aromatic rings. The van der Waals surface area contributed by atoms with Gasteiger partial charge >= 0.3 is 0 Å². The lowest BCUT2D eigenvalue weighted by molar-refractivity contribution is 0.0938. The molecule has 3 rings (SSSR count). The van der Waals surface area contributed by atoms with Crippen molar-refractivity contribution in [3.05, 3.63) is 71.9 Å². The number of nitrogens with one attached hydrogen (secondary N) is 1. The standard InChI is InChI=1S/C25H30N2O3/c1-6-14-27-23-12-7-19(17(2)3)16-22(23)18(4)24(27)25(28)26-13-15-30-21-10-8-20(29-5)9-11-21/h6-12,16-17H,1,13-15H2,2-5H3,(H,26,28). The number of nitrogens with zero attached hydrogens (tertiary/aromatic N) is 1. The van der Waals surface area contributed by atoms with E-state index in [2.05, 4.69) is 43.9 Å². The maximum Gasteiger partial charge on any atom is 0.268 e. The molecule has 5 nitrogen and oxygen atoms in total. The lowest BCUT2D eigenvalue weighted by atomic mass is 10.0. The van der Waals surface area contributed by atoms with E-state index in [1.807, 2.05) is 41.8 Å². The minimum atomic E-state index is -0.102. The number of benzene rings is 2. The average molecular weight is 407 g/mol. The number of aryl methyl sites for hydroxylation is 1. The zero-order chi connectivity index (χ0) is 21.7. The maximum atomic E-state index is 13.0. The van der Waals surface area contributed by atoms with Crippen molar-refractivity contribution < 1.29 is 14.3 Å². The van der Waals surface area contributed by atoms with Gasteiger partial charge in [-0.2, -0.15) is 0 Å². The minimum absolute atomic E-state index is 0.102. The number of carbonyl (C=O) groups excluding carboxylic acids is 1. The number of hydrogen-bond acceptors (Lipinski definition) is 3. The number of carbonyl (C=O) groups is 1. The topological polar surface area (TPSA) is 52.5 Å². The molecule has 0 unspecified atom stereocenters. The Balaban J connectivity index is 1.73. The second kappa shape index (κ2) is 9.53. The van der Waals surface area contributed by atoms with Crippen LogP contribution in [0.2, 0.25) is 0 Å². The summed E-state index contributed by atoms with van der Waals surface area (Å²) in [5, 5.41) is 4.10. The second-order valence-corrected chi connectivity index (χ2v) is 7.58. The van der Waals surface area contributed by atoms with Gasteiger partial charge in [0.1, 0.15) is 23.8 Å². The van der Waals surface area contributed by atoms with Crippen LogP contribution in [-0.2, 0) is 6.54 Å². The molecule has 0 aliphatic heterocycles. The largest absolute Gasteiger partial charge is 0.497 e. The molecule has 0 aliphatic rings. The summed E-state index contributed by atoms with van der Waals surface area (Å²) in [5.74, 6) is 1.85. The molecule has 5 heteroatoms. The van der Waals surface area contributed by atoms with Gasteiger partial charge in [0.05, 0.1) is 13.7 Å². The number of ether oxygens (including phenoxy) is 2. The number of aromatic nitrogens is 1. The Bertz CT molecular complexity index is 1030. The number of methoxy groups -OCH3 is 1. The summed E-state index contributed by atoms with van der Waals surface area (Å²) in [6, 6.07) is 13.8. The van der Waals surface area contributed by atoms with Crippen LogP contribution in [0.15, 0.2) is 55.1 Å². The molecular formula is C25H30N2O3. The Hall–Kier alpha value is -3.21. The van der Waals surface area contributed by atoms with Gasteiger partial charge in [-0.25, -0.2) is 0 Å². The fraction of sp³-hybridized carbons (Fsp3) is 0.320. The highest BCUT2D eigenvalue weighted by Gasteiger charge is 2.20. The van der Waals surface area contributed by atoms with E-state index >= 15 is 0 Å². The molecular weight excluding hydrogens is 376 g/mol. The third-order valence-electron chi connectivity index (χ3n) is 5.25. The first-order chi connectivity index (χ1) is 14.5. The quantitative estimate of drug-likeness (QED) is 0.398. The van der Waals surface area contributed by atoms with E-state index in [-0.39, 0.29) is 5.91 Å². The maximum absolute atomic E-state index is 13.0. The highest BCUT2D eigenvalue weighted by atomic mass is 16.5. The zero-order valence-corrected chi connectivity index (χ0v) is 18.2. The molecule has 0 aliphatic carbocycles. The van der Waals surface area contributed by atoms with Crippen molar-refractivity contribution in [3.63, 3.8) is 0 Å². The number of amides is 1. The summed E-state index contributed by atoms with van der Waals surface area (Å²) in [6.45, 7) is 11.6. The number of hydrogen-bond donors (Lipinski definition) is 1. The average Bonchev–Trinajstić information content (AvgIpc) is 3.03. The van der Waals surface area contributed by atoms with Gasteiger partial charge in [0.15, 0.2) is 0 Å². The van der Waals surface area contributed by atoms with Gasteiger partial charge in [-0.15, -0.1) is 6.58 Å². The van der Waals surface area contributed by atoms with Crippen molar-refractivity contribution in [3.8, 4) is 11.5 Å². The molecule has 1 heterocycles. The van der Waals surface area contributed by atoms with E-state index < -0.39 is 0 Å². The van der Waals surface area contributed by atoms with Crippen molar-refractivity contribution >= 4 is 16.8 Å². The second-order valence-electron chi connectivity index (χ2n) is 7.58. The molecule has 0 spiro atoms. The van der Waals surface area contributed by atoms with E-state index in [1.54, 1.807) is 7.11 Å². The van der Waals surface area contributed by atoms with Crippen LogP contribution in [-0.4, -0.2) is 30.7 Å². The van der Waals surface area contributed by atoms with Crippen LogP contribution in [0, 0.1) is 6.92 Å². The molecule has 0 saturated heterocycles. The van der Waals surface area contributed by atoms with E-state index in [0.29, 0.717) is 31.3 Å². The molecule has 2 aromatic carbocycles. The van der Waals surface area contributed by atoms with Gasteiger partial charge in [0.25, 0.3) is 5.91 Å². The first-order valence-corrected chi connectivity index (χ1v) is 10.2. The van der Waals surface area contributed by atoms with Crippen molar-refractivity contribution in [2.45, 2.75) is 33.2 Å². The SMILES string of the molecule is C=CCn1c(C(=O)NCCOc2ccc(OC)cc2)c(C)c2cc(C(C)C)ccc21. The fourth-order valence-corrected chi connectivity index (χ4v) is 3.60. The Morgan fingerprint density at radius 1 is 1.17 bits per heavy atom. The molecule has 1 amide bonds. The van der Waals surface area contributed by atoms with E-state index in [4.69, 9.17) is 9.47 Å². The lowest BCUT2D eigenvalue weighted by Gasteiger charge is -2.11. The highest BCUT2D eigenvalue weighted by molar-refractivity contribution is 6.01. The van der Waals surface area contributed by atoms with Gasteiger partial charge in [-0.3, -0.25) is 4.79 Å². The smallest absolute Gasteiger partial charge is 0.268 e. The predicted molar refractivity (Wildman–Crippen MR) is 122 cm³/mol. The summed E-state index contributed by atoms with van der Waals surface area (Å²) in [6.07, 6.45) is 1.82. The van der Waals surface area contributed by atoms with Crippen molar-refractivity contribution in [2.24, 2.45) is 0 Å². The third kappa shape index (κ3) is 4.51. The summed E-state index contributed by atoms with van der Waals surface area (Å²) < 4.78 is 12.9. The Labute approximate surface area is 178 Å². The van der Waals surface area contributed by atoms with Crippen LogP contribution in [0.4, 0.5) is 0 Å². The summed E-state index contributed by atoms with van der Waals surface area (Å²) >= 11 is 0. The van der Waals surface area contributed by atoms with Crippen molar-refractivity contribution in [1.82, 2.24) is 9.88 Å². The molecule has 1 N–H and O–H groups in total. The molecule has 0 saturated carbocycles. The van der Waals surface area contributed by atoms with Gasteiger partial charge < -0.3 is 19.4 Å². The Morgan fingerprint density at radius 2 is 1.87 bits per heavy atom. The summed E-state index contributed by atoms with van der Waals surface area (Å²) in [5.41, 5.74) is 3.98. The summed E-state index contributed by atoms with van der Waals surface area (Å²) in [7, 11) is 1.63. The van der Waals surface area contributed by atoms with E-state index in [1.165, 1.54) is 5.56 Å². The fourth-order valence-electron chi connectivity index (χ4n) is 3.60. The van der Waals surface area contributed by atoms with Crippen LogP contribution >= 0.6 is 0 Å². The highest BCUT2D eigenvalue weighted by Crippen LogP contribution is 2.29. The number of rotatable bonds is 9. The number of fused-ring (bicyclic) bond motifs is 1. The summed E-state index contributed by atoms with van der Waals surface area (Å²) in [4.78, 5) is 13.0. The van der Waals surface area contributed by atoms with Crippen molar-refractivity contribution in [1.29, 1.82) is 0 Å². The monoisotopic (exact) mass is 406 g/mol. The van der Waals surface area contributed by atoms with E-state index in [0.717, 1.165) is 28.0 Å². The Kier molecular flexibility index (Phi) is 6.83. The number of allylic oxidation sites excluding steroid dienone is 1. The third-order valence-corrected chi connectivity index (χ3v) is 5.25. The van der Waals surface area contributed by atoms with Crippen LogP contribution < -0.4 is 14.8 Å². The lowest BCUT2D eigenvalue weighted by Crippen LogP contribution is -2.30. The van der Waals surface area contributed by atoms with Crippen LogP contribution in [0.1, 0.15) is 41.4 Å².